The molecule has 1 fully saturated rings. The van der Waals surface area contributed by atoms with Crippen LogP contribution >= 0.6 is 12.4 Å². The van der Waals surface area contributed by atoms with Gasteiger partial charge in [0.1, 0.15) is 5.75 Å². The third-order valence-corrected chi connectivity index (χ3v) is 4.68. The van der Waals surface area contributed by atoms with Gasteiger partial charge in [-0.15, -0.1) is 12.4 Å². The minimum Gasteiger partial charge on any atom is -0.493 e. The van der Waals surface area contributed by atoms with Crippen molar-refractivity contribution in [3.63, 3.8) is 0 Å². The summed E-state index contributed by atoms with van der Waals surface area (Å²) < 4.78 is 5.78. The molecule has 1 aliphatic rings. The number of carbonyl (C=O) groups excluding carboxylic acids is 1. The molecule has 0 radical (unpaired) electrons. The normalized spacial score (nSPS) is 19.0. The van der Waals surface area contributed by atoms with E-state index in [2.05, 4.69) is 13.0 Å². The fraction of sp³-hybridized carbons (Fsp3) is 0.611. The number of hydrogen-bond donors (Lipinski definition) is 1. The zero-order valence-electron chi connectivity index (χ0n) is 14.4. The number of nitrogens with two attached hydrogens (primary N) is 1. The van der Waals surface area contributed by atoms with E-state index in [4.69, 9.17) is 10.5 Å². The Morgan fingerprint density at radius 3 is 2.87 bits per heavy atom. The summed E-state index contributed by atoms with van der Waals surface area (Å²) in [5, 5.41) is 0. The molecule has 0 bridgehead atoms. The number of rotatable bonds is 5. The lowest BCUT2D eigenvalue weighted by Crippen LogP contribution is -2.45. The van der Waals surface area contributed by atoms with Gasteiger partial charge in [0.2, 0.25) is 5.91 Å². The highest BCUT2D eigenvalue weighted by atomic mass is 35.5. The highest BCUT2D eigenvalue weighted by Crippen LogP contribution is 2.22. The Labute approximate surface area is 145 Å². The standard InChI is InChI=1S/C18H28N2O2.ClH/c1-13-6-4-8-17(14(13)2)22-11-9-18(21)20-10-5-7-16(12-20)15(3)19;/h4,6,8,15-16H,5,7,9-12,19H2,1-3H3;1H. The number of amides is 1. The van der Waals surface area contributed by atoms with E-state index in [9.17, 15) is 4.79 Å². The molecule has 0 aliphatic carbocycles. The van der Waals surface area contributed by atoms with Gasteiger partial charge in [-0.2, -0.15) is 0 Å². The first-order chi connectivity index (χ1) is 10.5. The van der Waals surface area contributed by atoms with Crippen LogP contribution in [0.15, 0.2) is 18.2 Å². The predicted octanol–water partition coefficient (Wildman–Crippen LogP) is 3.08. The Bertz CT molecular complexity index is 520. The van der Waals surface area contributed by atoms with Crippen molar-refractivity contribution >= 4 is 18.3 Å². The van der Waals surface area contributed by atoms with E-state index < -0.39 is 0 Å². The Balaban J connectivity index is 0.00000264. The molecule has 130 valence electrons. The number of nitrogens with zero attached hydrogens (tertiary/aromatic N) is 1. The van der Waals surface area contributed by atoms with E-state index in [1.54, 1.807) is 0 Å². The molecule has 5 heteroatoms. The van der Waals surface area contributed by atoms with Crippen LogP contribution in [0.3, 0.4) is 0 Å². The number of aryl methyl sites for hydroxylation is 1. The molecule has 2 rings (SSSR count). The van der Waals surface area contributed by atoms with Crippen molar-refractivity contribution in [3.05, 3.63) is 29.3 Å². The molecule has 4 nitrogen and oxygen atoms in total. The number of carbonyl (C=O) groups is 1. The van der Waals surface area contributed by atoms with Gasteiger partial charge in [0.15, 0.2) is 0 Å². The van der Waals surface area contributed by atoms with Crippen molar-refractivity contribution < 1.29 is 9.53 Å². The minimum atomic E-state index is 0. The maximum Gasteiger partial charge on any atom is 0.226 e. The Kier molecular flexibility index (Phi) is 7.86. The summed E-state index contributed by atoms with van der Waals surface area (Å²) in [6, 6.07) is 6.16. The number of piperidine rings is 1. The maximum absolute atomic E-state index is 12.3. The number of halogens is 1. The number of hydrogen-bond acceptors (Lipinski definition) is 3. The number of benzene rings is 1. The van der Waals surface area contributed by atoms with Crippen LogP contribution < -0.4 is 10.5 Å². The molecule has 23 heavy (non-hydrogen) atoms. The highest BCUT2D eigenvalue weighted by molar-refractivity contribution is 5.85. The van der Waals surface area contributed by atoms with Gasteiger partial charge in [-0.1, -0.05) is 12.1 Å². The molecule has 1 saturated heterocycles. The monoisotopic (exact) mass is 340 g/mol. The van der Waals surface area contributed by atoms with E-state index >= 15 is 0 Å². The molecular formula is C18H29ClN2O2. The van der Waals surface area contributed by atoms with Crippen LogP contribution in [0.4, 0.5) is 0 Å². The average molecular weight is 341 g/mol. The molecule has 1 heterocycles. The zero-order valence-corrected chi connectivity index (χ0v) is 15.2. The minimum absolute atomic E-state index is 0. The van der Waals surface area contributed by atoms with Crippen molar-refractivity contribution in [2.75, 3.05) is 19.7 Å². The molecule has 2 N–H and O–H groups in total. The molecule has 1 amide bonds. The summed E-state index contributed by atoms with van der Waals surface area (Å²) in [5.41, 5.74) is 8.33. The fourth-order valence-electron chi connectivity index (χ4n) is 2.95. The zero-order chi connectivity index (χ0) is 16.1. The summed E-state index contributed by atoms with van der Waals surface area (Å²) in [6.45, 7) is 8.22. The second-order valence-electron chi connectivity index (χ2n) is 6.40. The third kappa shape index (κ3) is 5.40. The van der Waals surface area contributed by atoms with Crippen LogP contribution in [-0.2, 0) is 4.79 Å². The molecule has 1 aromatic carbocycles. The molecule has 0 spiro atoms. The summed E-state index contributed by atoms with van der Waals surface area (Å²) in [4.78, 5) is 14.3. The second kappa shape index (κ2) is 9.14. The van der Waals surface area contributed by atoms with E-state index in [-0.39, 0.29) is 24.4 Å². The number of ether oxygens (including phenoxy) is 1. The molecule has 2 atom stereocenters. The number of likely N-dealkylation sites (tertiary alicyclic amines) is 1. The van der Waals surface area contributed by atoms with Gasteiger partial charge in [-0.25, -0.2) is 0 Å². The first-order valence-corrected chi connectivity index (χ1v) is 8.21. The average Bonchev–Trinajstić information content (AvgIpc) is 2.51. The second-order valence-corrected chi connectivity index (χ2v) is 6.40. The quantitative estimate of drug-likeness (QED) is 0.896. The third-order valence-electron chi connectivity index (χ3n) is 4.68. The van der Waals surface area contributed by atoms with Crippen LogP contribution in [0.5, 0.6) is 5.75 Å². The van der Waals surface area contributed by atoms with Gasteiger partial charge >= 0.3 is 0 Å². The van der Waals surface area contributed by atoms with E-state index in [0.717, 1.165) is 37.2 Å². The predicted molar refractivity (Wildman–Crippen MR) is 96.2 cm³/mol. The molecule has 1 aromatic rings. The molecule has 1 aliphatic heterocycles. The first kappa shape index (κ1) is 19.8. The van der Waals surface area contributed by atoms with Crippen LogP contribution in [0.2, 0.25) is 0 Å². The summed E-state index contributed by atoms with van der Waals surface area (Å²) in [6.07, 6.45) is 2.61. The van der Waals surface area contributed by atoms with Gasteiger partial charge in [0.05, 0.1) is 13.0 Å². The van der Waals surface area contributed by atoms with Gasteiger partial charge < -0.3 is 15.4 Å². The van der Waals surface area contributed by atoms with Crippen molar-refractivity contribution in [1.82, 2.24) is 4.90 Å². The van der Waals surface area contributed by atoms with Crippen LogP contribution in [-0.4, -0.2) is 36.5 Å². The van der Waals surface area contributed by atoms with E-state index in [0.29, 0.717) is 18.9 Å². The van der Waals surface area contributed by atoms with Crippen LogP contribution in [0.1, 0.15) is 37.3 Å². The molecule has 0 saturated carbocycles. The molecular weight excluding hydrogens is 312 g/mol. The Morgan fingerprint density at radius 1 is 1.43 bits per heavy atom. The summed E-state index contributed by atoms with van der Waals surface area (Å²) >= 11 is 0. The van der Waals surface area contributed by atoms with Gasteiger partial charge in [0, 0.05) is 19.1 Å². The largest absolute Gasteiger partial charge is 0.493 e. The van der Waals surface area contributed by atoms with Crippen LogP contribution in [0.25, 0.3) is 0 Å². The van der Waals surface area contributed by atoms with Crippen molar-refractivity contribution in [3.8, 4) is 5.75 Å². The smallest absolute Gasteiger partial charge is 0.226 e. The van der Waals surface area contributed by atoms with Crippen molar-refractivity contribution in [2.45, 2.75) is 46.1 Å². The lowest BCUT2D eigenvalue weighted by molar-refractivity contribution is -0.133. The Morgan fingerprint density at radius 2 is 2.17 bits per heavy atom. The van der Waals surface area contributed by atoms with Gasteiger partial charge in [-0.3, -0.25) is 4.79 Å². The van der Waals surface area contributed by atoms with Crippen molar-refractivity contribution in [1.29, 1.82) is 0 Å². The fourth-order valence-corrected chi connectivity index (χ4v) is 2.95. The van der Waals surface area contributed by atoms with Crippen LogP contribution in [0, 0.1) is 19.8 Å². The SMILES string of the molecule is Cc1cccc(OCCC(=O)N2CCCC(C(C)N)C2)c1C.Cl. The first-order valence-electron chi connectivity index (χ1n) is 8.21. The van der Waals surface area contributed by atoms with E-state index in [1.165, 1.54) is 5.56 Å². The van der Waals surface area contributed by atoms with E-state index in [1.807, 2.05) is 30.9 Å². The molecule has 2 unspecified atom stereocenters. The lowest BCUT2D eigenvalue weighted by atomic mass is 9.92. The lowest BCUT2D eigenvalue weighted by Gasteiger charge is -2.34. The van der Waals surface area contributed by atoms with Gasteiger partial charge in [-0.05, 0) is 56.7 Å². The van der Waals surface area contributed by atoms with Crippen molar-refractivity contribution in [2.24, 2.45) is 11.7 Å². The summed E-state index contributed by atoms with van der Waals surface area (Å²) in [7, 11) is 0. The highest BCUT2D eigenvalue weighted by Gasteiger charge is 2.25. The Hall–Kier alpha value is -1.26. The maximum atomic E-state index is 12.3. The summed E-state index contributed by atoms with van der Waals surface area (Å²) in [5.74, 6) is 1.48. The van der Waals surface area contributed by atoms with Gasteiger partial charge in [0.25, 0.3) is 0 Å². The topological polar surface area (TPSA) is 55.6 Å². The molecule has 0 aromatic heterocycles.